The first-order valence-corrected chi connectivity index (χ1v) is 4.96. The highest BCUT2D eigenvalue weighted by molar-refractivity contribution is 6.39. The number of nitrogens with one attached hydrogen (secondary N) is 1. The van der Waals surface area contributed by atoms with Crippen molar-refractivity contribution in [1.82, 2.24) is 5.32 Å². The van der Waals surface area contributed by atoms with E-state index in [1.807, 2.05) is 6.07 Å². The maximum absolute atomic E-state index is 11.6. The van der Waals surface area contributed by atoms with Crippen molar-refractivity contribution in [2.24, 2.45) is 0 Å². The maximum Gasteiger partial charge on any atom is 0.255 e. The van der Waals surface area contributed by atoms with E-state index in [0.717, 1.165) is 0 Å². The standard InChI is InChI=1S/C10H8Cl2N2O/c1-6(5-13)14-10(15)9-7(11)3-2-4-8(9)12/h2-4,6H,1H3,(H,14,15). The number of carbonyl (C=O) groups excluding carboxylic acids is 1. The summed E-state index contributed by atoms with van der Waals surface area (Å²) in [6, 6.07) is 6.09. The Balaban J connectivity index is 2.97. The van der Waals surface area contributed by atoms with Crippen molar-refractivity contribution in [1.29, 1.82) is 5.26 Å². The number of benzene rings is 1. The molecule has 0 aliphatic heterocycles. The molecule has 0 radical (unpaired) electrons. The quantitative estimate of drug-likeness (QED) is 0.867. The first-order chi connectivity index (χ1) is 7.06. The van der Waals surface area contributed by atoms with Crippen LogP contribution in [0.5, 0.6) is 0 Å². The van der Waals surface area contributed by atoms with E-state index in [2.05, 4.69) is 5.32 Å². The molecule has 1 amide bonds. The molecule has 5 heteroatoms. The summed E-state index contributed by atoms with van der Waals surface area (Å²) in [5.74, 6) is -0.445. The van der Waals surface area contributed by atoms with Gasteiger partial charge in [0.25, 0.3) is 5.91 Å². The molecular formula is C10H8Cl2N2O. The number of hydrogen-bond acceptors (Lipinski definition) is 2. The van der Waals surface area contributed by atoms with E-state index < -0.39 is 11.9 Å². The molecule has 3 nitrogen and oxygen atoms in total. The molecule has 1 aromatic carbocycles. The molecule has 1 unspecified atom stereocenters. The second-order valence-corrected chi connectivity index (χ2v) is 3.74. The second-order valence-electron chi connectivity index (χ2n) is 2.92. The van der Waals surface area contributed by atoms with Crippen molar-refractivity contribution in [3.63, 3.8) is 0 Å². The monoisotopic (exact) mass is 242 g/mol. The summed E-state index contributed by atoms with van der Waals surface area (Å²) in [7, 11) is 0. The largest absolute Gasteiger partial charge is 0.336 e. The fourth-order valence-electron chi connectivity index (χ4n) is 1.02. The van der Waals surface area contributed by atoms with Gasteiger partial charge in [0.15, 0.2) is 0 Å². The lowest BCUT2D eigenvalue weighted by Gasteiger charge is -2.08. The van der Waals surface area contributed by atoms with E-state index in [-0.39, 0.29) is 15.6 Å². The lowest BCUT2D eigenvalue weighted by Crippen LogP contribution is -2.31. The van der Waals surface area contributed by atoms with E-state index in [1.54, 1.807) is 25.1 Å². The molecule has 78 valence electrons. The Morgan fingerprint density at radius 2 is 2.00 bits per heavy atom. The fraction of sp³-hybridized carbons (Fsp3) is 0.200. The topological polar surface area (TPSA) is 52.9 Å². The number of nitrogens with zero attached hydrogens (tertiary/aromatic N) is 1. The van der Waals surface area contributed by atoms with Crippen molar-refractivity contribution in [2.45, 2.75) is 13.0 Å². The Hall–Kier alpha value is -1.24. The van der Waals surface area contributed by atoms with Gasteiger partial charge in [-0.2, -0.15) is 5.26 Å². The number of amides is 1. The zero-order valence-electron chi connectivity index (χ0n) is 7.92. The van der Waals surface area contributed by atoms with Crippen LogP contribution < -0.4 is 5.32 Å². The Morgan fingerprint density at radius 1 is 1.47 bits per heavy atom. The number of halogens is 2. The van der Waals surface area contributed by atoms with Crippen molar-refractivity contribution in [2.75, 3.05) is 0 Å². The molecule has 1 atom stereocenters. The molecule has 0 aromatic heterocycles. The van der Waals surface area contributed by atoms with Crippen LogP contribution >= 0.6 is 23.2 Å². The smallest absolute Gasteiger partial charge is 0.255 e. The van der Waals surface area contributed by atoms with Gasteiger partial charge in [0.2, 0.25) is 0 Å². The summed E-state index contributed by atoms with van der Waals surface area (Å²) >= 11 is 11.6. The Kier molecular flexibility index (Phi) is 3.96. The molecule has 1 aromatic rings. The second kappa shape index (κ2) is 5.01. The normalized spacial score (nSPS) is 11.6. The molecule has 1 rings (SSSR count). The zero-order chi connectivity index (χ0) is 11.4. The molecule has 1 N–H and O–H groups in total. The first kappa shape index (κ1) is 11.8. The lowest BCUT2D eigenvalue weighted by atomic mass is 10.2. The van der Waals surface area contributed by atoms with Gasteiger partial charge >= 0.3 is 0 Å². The average molecular weight is 243 g/mol. The summed E-state index contributed by atoms with van der Waals surface area (Å²) in [5.41, 5.74) is 0.197. The SMILES string of the molecule is CC(C#N)NC(=O)c1c(Cl)cccc1Cl. The third-order valence-corrected chi connectivity index (χ3v) is 2.36. The van der Waals surface area contributed by atoms with Crippen molar-refractivity contribution in [3.8, 4) is 6.07 Å². The predicted molar refractivity (Wildman–Crippen MR) is 59.0 cm³/mol. The molecule has 15 heavy (non-hydrogen) atoms. The summed E-state index contributed by atoms with van der Waals surface area (Å²) in [4.78, 5) is 11.6. The van der Waals surface area contributed by atoms with Crippen LogP contribution in [0.15, 0.2) is 18.2 Å². The average Bonchev–Trinajstić information content (AvgIpc) is 2.17. The number of nitriles is 1. The third-order valence-electron chi connectivity index (χ3n) is 1.73. The van der Waals surface area contributed by atoms with Gasteiger partial charge in [-0.1, -0.05) is 29.3 Å². The van der Waals surface area contributed by atoms with Gasteiger partial charge in [0.05, 0.1) is 21.7 Å². The molecule has 0 aliphatic carbocycles. The van der Waals surface area contributed by atoms with Crippen LogP contribution in [0.4, 0.5) is 0 Å². The molecular weight excluding hydrogens is 235 g/mol. The molecule has 0 bridgehead atoms. The van der Waals surface area contributed by atoms with E-state index in [4.69, 9.17) is 28.5 Å². The summed E-state index contributed by atoms with van der Waals surface area (Å²) in [6.07, 6.45) is 0. The highest BCUT2D eigenvalue weighted by Crippen LogP contribution is 2.23. The first-order valence-electron chi connectivity index (χ1n) is 4.20. The molecule has 0 aliphatic rings. The summed E-state index contributed by atoms with van der Waals surface area (Å²) < 4.78 is 0. The lowest BCUT2D eigenvalue weighted by molar-refractivity contribution is 0.0948. The van der Waals surface area contributed by atoms with Gasteiger partial charge in [-0.3, -0.25) is 4.79 Å². The van der Waals surface area contributed by atoms with Crippen LogP contribution in [0.1, 0.15) is 17.3 Å². The van der Waals surface area contributed by atoms with Crippen molar-refractivity contribution in [3.05, 3.63) is 33.8 Å². The van der Waals surface area contributed by atoms with Crippen LogP contribution in [-0.2, 0) is 0 Å². The maximum atomic E-state index is 11.6. The van der Waals surface area contributed by atoms with Crippen LogP contribution in [0.25, 0.3) is 0 Å². The summed E-state index contributed by atoms with van der Waals surface area (Å²) in [5, 5.41) is 11.5. The number of hydrogen-bond donors (Lipinski definition) is 1. The van der Waals surface area contributed by atoms with Crippen LogP contribution in [0.2, 0.25) is 10.0 Å². The number of carbonyl (C=O) groups is 1. The van der Waals surface area contributed by atoms with Gasteiger partial charge in [-0.25, -0.2) is 0 Å². The van der Waals surface area contributed by atoms with E-state index in [9.17, 15) is 4.79 Å². The molecule has 0 fully saturated rings. The Labute approximate surface area is 97.6 Å². The highest BCUT2D eigenvalue weighted by Gasteiger charge is 2.15. The van der Waals surface area contributed by atoms with Gasteiger partial charge in [-0.15, -0.1) is 0 Å². The van der Waals surface area contributed by atoms with E-state index in [1.165, 1.54) is 0 Å². The van der Waals surface area contributed by atoms with Gasteiger partial charge in [0.1, 0.15) is 6.04 Å². The van der Waals surface area contributed by atoms with Crippen LogP contribution in [0, 0.1) is 11.3 Å². The zero-order valence-corrected chi connectivity index (χ0v) is 9.43. The van der Waals surface area contributed by atoms with Gasteiger partial charge in [-0.05, 0) is 19.1 Å². The van der Waals surface area contributed by atoms with Crippen LogP contribution in [-0.4, -0.2) is 11.9 Å². The predicted octanol–water partition coefficient (Wildman–Crippen LogP) is 2.64. The Bertz CT molecular complexity index is 406. The minimum atomic E-state index is -0.579. The van der Waals surface area contributed by atoms with Gasteiger partial charge in [0, 0.05) is 0 Å². The minimum Gasteiger partial charge on any atom is -0.336 e. The Morgan fingerprint density at radius 3 is 2.47 bits per heavy atom. The molecule has 0 saturated carbocycles. The van der Waals surface area contributed by atoms with E-state index >= 15 is 0 Å². The van der Waals surface area contributed by atoms with E-state index in [0.29, 0.717) is 0 Å². The molecule has 0 heterocycles. The fourth-order valence-corrected chi connectivity index (χ4v) is 1.58. The minimum absolute atomic E-state index is 0.197. The van der Waals surface area contributed by atoms with Crippen LogP contribution in [0.3, 0.4) is 0 Å². The van der Waals surface area contributed by atoms with Crippen molar-refractivity contribution >= 4 is 29.1 Å². The molecule has 0 saturated heterocycles. The van der Waals surface area contributed by atoms with Crippen molar-refractivity contribution < 1.29 is 4.79 Å². The van der Waals surface area contributed by atoms with Gasteiger partial charge < -0.3 is 5.32 Å². The molecule has 0 spiro atoms. The number of rotatable bonds is 2. The summed E-state index contributed by atoms with van der Waals surface area (Å²) in [6.45, 7) is 1.57. The highest BCUT2D eigenvalue weighted by atomic mass is 35.5. The third kappa shape index (κ3) is 2.85.